The van der Waals surface area contributed by atoms with Crippen LogP contribution in [0.2, 0.25) is 0 Å². The molecule has 0 spiro atoms. The minimum atomic E-state index is -0.400. The molecule has 2 heterocycles. The van der Waals surface area contributed by atoms with E-state index in [-0.39, 0.29) is 30.7 Å². The normalized spacial score (nSPS) is 17.5. The van der Waals surface area contributed by atoms with E-state index in [1.165, 1.54) is 17.0 Å². The van der Waals surface area contributed by atoms with Gasteiger partial charge in [-0.1, -0.05) is 6.07 Å². The van der Waals surface area contributed by atoms with Gasteiger partial charge in [0.25, 0.3) is 0 Å². The number of halogens is 1. The lowest BCUT2D eigenvalue weighted by molar-refractivity contribution is -0.125. The lowest BCUT2D eigenvalue weighted by Crippen LogP contribution is -2.46. The predicted molar refractivity (Wildman–Crippen MR) is 93.9 cm³/mol. The number of hydrogen-bond acceptors (Lipinski definition) is 3. The highest BCUT2D eigenvalue weighted by Crippen LogP contribution is 2.27. The van der Waals surface area contributed by atoms with Crippen molar-refractivity contribution in [2.24, 2.45) is 5.92 Å². The fourth-order valence-corrected chi connectivity index (χ4v) is 3.08. The van der Waals surface area contributed by atoms with E-state index in [4.69, 9.17) is 0 Å². The van der Waals surface area contributed by atoms with Crippen LogP contribution >= 0.6 is 0 Å². The molecule has 1 aromatic heterocycles. The van der Waals surface area contributed by atoms with Gasteiger partial charge in [0.1, 0.15) is 5.82 Å². The third-order valence-electron chi connectivity index (χ3n) is 4.48. The van der Waals surface area contributed by atoms with E-state index in [0.29, 0.717) is 12.1 Å². The van der Waals surface area contributed by atoms with E-state index >= 15 is 0 Å². The van der Waals surface area contributed by atoms with E-state index < -0.39 is 5.82 Å². The minimum absolute atomic E-state index is 0.0560. The molecule has 1 aliphatic rings. The number of piperidine rings is 1. The molecule has 0 unspecified atom stereocenters. The Bertz CT molecular complexity index is 809. The summed E-state index contributed by atoms with van der Waals surface area (Å²) in [6.07, 6.45) is 2.44. The minimum Gasteiger partial charge on any atom is -0.315 e. The molecule has 1 saturated heterocycles. The summed E-state index contributed by atoms with van der Waals surface area (Å²) in [5, 5.41) is 0. The molecule has 0 radical (unpaired) electrons. The first-order valence-corrected chi connectivity index (χ1v) is 8.22. The van der Waals surface area contributed by atoms with Gasteiger partial charge in [0.2, 0.25) is 11.8 Å². The van der Waals surface area contributed by atoms with Gasteiger partial charge in [-0.05, 0) is 43.7 Å². The highest BCUT2D eigenvalue weighted by molar-refractivity contribution is 5.99. The van der Waals surface area contributed by atoms with Crippen molar-refractivity contribution in [2.45, 2.75) is 19.8 Å². The smallest absolute Gasteiger partial charge is 0.231 e. The second-order valence-electron chi connectivity index (χ2n) is 6.27. The number of nitrogens with zero attached hydrogens (tertiary/aromatic N) is 3. The molecule has 0 aliphatic carbocycles. The molecule has 25 heavy (non-hydrogen) atoms. The van der Waals surface area contributed by atoms with Crippen LogP contribution < -0.4 is 9.80 Å². The third kappa shape index (κ3) is 3.68. The maximum atomic E-state index is 13.5. The predicted octanol–water partition coefficient (Wildman–Crippen LogP) is 2.94. The van der Waals surface area contributed by atoms with Crippen molar-refractivity contribution >= 4 is 23.2 Å². The van der Waals surface area contributed by atoms with Crippen LogP contribution in [0.4, 0.5) is 15.8 Å². The zero-order valence-electron chi connectivity index (χ0n) is 14.3. The number of benzene rings is 1. The highest BCUT2D eigenvalue weighted by atomic mass is 19.1. The summed E-state index contributed by atoms with van der Waals surface area (Å²) >= 11 is 0. The Morgan fingerprint density at radius 2 is 2.12 bits per heavy atom. The summed E-state index contributed by atoms with van der Waals surface area (Å²) in [5.74, 6) is -0.862. The van der Waals surface area contributed by atoms with Gasteiger partial charge in [-0.3, -0.25) is 14.6 Å². The molecule has 5 nitrogen and oxygen atoms in total. The number of anilines is 2. The molecular weight excluding hydrogens is 321 g/mol. The Balaban J connectivity index is 1.78. The Hall–Kier alpha value is -2.76. The first-order valence-electron chi connectivity index (χ1n) is 8.22. The molecule has 6 heteroatoms. The van der Waals surface area contributed by atoms with Gasteiger partial charge in [-0.25, -0.2) is 4.39 Å². The van der Waals surface area contributed by atoms with Crippen LogP contribution in [0.15, 0.2) is 42.6 Å². The largest absolute Gasteiger partial charge is 0.315 e. The summed E-state index contributed by atoms with van der Waals surface area (Å²) in [7, 11) is 1.72. The van der Waals surface area contributed by atoms with Crippen LogP contribution in [-0.2, 0) is 9.59 Å². The fourth-order valence-electron chi connectivity index (χ4n) is 3.08. The average molecular weight is 341 g/mol. The number of rotatable bonds is 3. The van der Waals surface area contributed by atoms with Gasteiger partial charge in [0.05, 0.1) is 5.92 Å². The summed E-state index contributed by atoms with van der Waals surface area (Å²) in [4.78, 5) is 32.3. The first kappa shape index (κ1) is 17.1. The van der Waals surface area contributed by atoms with Crippen LogP contribution in [0, 0.1) is 18.7 Å². The molecular formula is C19H20FN3O2. The van der Waals surface area contributed by atoms with Crippen molar-refractivity contribution in [3.63, 3.8) is 0 Å². The average Bonchev–Trinajstić information content (AvgIpc) is 2.61. The highest BCUT2D eigenvalue weighted by Gasteiger charge is 2.33. The van der Waals surface area contributed by atoms with Crippen molar-refractivity contribution < 1.29 is 14.0 Å². The molecule has 3 rings (SSSR count). The van der Waals surface area contributed by atoms with E-state index in [2.05, 4.69) is 4.98 Å². The van der Waals surface area contributed by atoms with Crippen LogP contribution in [-0.4, -0.2) is 30.4 Å². The molecule has 1 aliphatic heterocycles. The van der Waals surface area contributed by atoms with Gasteiger partial charge in [-0.2, -0.15) is 0 Å². The summed E-state index contributed by atoms with van der Waals surface area (Å²) in [6.45, 7) is 2.13. The van der Waals surface area contributed by atoms with E-state index in [0.717, 1.165) is 11.4 Å². The lowest BCUT2D eigenvalue weighted by Gasteiger charge is -2.34. The zero-order chi connectivity index (χ0) is 18.0. The molecule has 1 fully saturated rings. The number of hydrogen-bond donors (Lipinski definition) is 0. The van der Waals surface area contributed by atoms with Gasteiger partial charge < -0.3 is 9.80 Å². The number of carbonyl (C=O) groups is 2. The van der Waals surface area contributed by atoms with Crippen molar-refractivity contribution in [1.29, 1.82) is 0 Å². The van der Waals surface area contributed by atoms with Crippen LogP contribution in [0.25, 0.3) is 0 Å². The van der Waals surface area contributed by atoms with Gasteiger partial charge in [0, 0.05) is 43.3 Å². The Morgan fingerprint density at radius 1 is 1.32 bits per heavy atom. The summed E-state index contributed by atoms with van der Waals surface area (Å²) in [6, 6.07) is 9.53. The molecule has 0 bridgehead atoms. The van der Waals surface area contributed by atoms with Crippen molar-refractivity contribution in [3.05, 3.63) is 54.1 Å². The van der Waals surface area contributed by atoms with Crippen LogP contribution in [0.5, 0.6) is 0 Å². The molecule has 0 N–H and O–H groups in total. The molecule has 1 atom stereocenters. The fraction of sp³-hybridized carbons (Fsp3) is 0.316. The number of carbonyl (C=O) groups excluding carboxylic acids is 2. The lowest BCUT2D eigenvalue weighted by atomic mass is 9.95. The summed E-state index contributed by atoms with van der Waals surface area (Å²) in [5.41, 5.74) is 2.09. The Labute approximate surface area is 146 Å². The maximum Gasteiger partial charge on any atom is 0.231 e. The van der Waals surface area contributed by atoms with Crippen LogP contribution in [0.3, 0.4) is 0 Å². The maximum absolute atomic E-state index is 13.5. The molecule has 130 valence electrons. The van der Waals surface area contributed by atoms with Gasteiger partial charge in [0.15, 0.2) is 0 Å². The number of pyridine rings is 1. The van der Waals surface area contributed by atoms with E-state index in [1.54, 1.807) is 36.3 Å². The number of amides is 2. The molecule has 0 saturated carbocycles. The standard InChI is InChI=1S/C19H20FN3O2/c1-13-10-16(8-9-21-13)22(2)19(25)14-6-7-18(24)23(12-14)17-5-3-4-15(20)11-17/h3-5,8-11,14H,6-7,12H2,1-2H3/t14-/m0/s1. The van der Waals surface area contributed by atoms with Crippen molar-refractivity contribution in [2.75, 3.05) is 23.4 Å². The van der Waals surface area contributed by atoms with Gasteiger partial charge in [-0.15, -0.1) is 0 Å². The third-order valence-corrected chi connectivity index (χ3v) is 4.48. The first-order chi connectivity index (χ1) is 12.0. The Kier molecular flexibility index (Phi) is 4.79. The van der Waals surface area contributed by atoms with E-state index in [9.17, 15) is 14.0 Å². The van der Waals surface area contributed by atoms with Crippen molar-refractivity contribution in [1.82, 2.24) is 4.98 Å². The second-order valence-corrected chi connectivity index (χ2v) is 6.27. The zero-order valence-corrected chi connectivity index (χ0v) is 14.3. The molecule has 2 aromatic rings. The molecule has 2 amide bonds. The SMILES string of the molecule is Cc1cc(N(C)C(=O)[C@H]2CCC(=O)N(c3cccc(F)c3)C2)ccn1. The van der Waals surface area contributed by atoms with E-state index in [1.807, 2.05) is 13.0 Å². The van der Waals surface area contributed by atoms with Gasteiger partial charge >= 0.3 is 0 Å². The topological polar surface area (TPSA) is 53.5 Å². The number of aromatic nitrogens is 1. The summed E-state index contributed by atoms with van der Waals surface area (Å²) < 4.78 is 13.5. The quantitative estimate of drug-likeness (QED) is 0.862. The Morgan fingerprint density at radius 3 is 2.84 bits per heavy atom. The monoisotopic (exact) mass is 341 g/mol. The van der Waals surface area contributed by atoms with Crippen LogP contribution in [0.1, 0.15) is 18.5 Å². The molecule has 1 aromatic carbocycles. The van der Waals surface area contributed by atoms with Crippen molar-refractivity contribution in [3.8, 4) is 0 Å². The number of aryl methyl sites for hydroxylation is 1. The second kappa shape index (κ2) is 7.01.